The number of hydrogen-bond donors (Lipinski definition) is 0. The zero-order chi connectivity index (χ0) is 19.8. The summed E-state index contributed by atoms with van der Waals surface area (Å²) in [5.41, 5.74) is 0.987. The van der Waals surface area contributed by atoms with E-state index in [1.807, 2.05) is 23.2 Å². The van der Waals surface area contributed by atoms with E-state index >= 15 is 0 Å². The third-order valence-electron chi connectivity index (χ3n) is 7.85. The molecule has 5 aliphatic rings. The minimum Gasteiger partial charge on any atom is -0.464 e. The number of amides is 1. The Labute approximate surface area is 173 Å². The molecule has 0 spiro atoms. The van der Waals surface area contributed by atoms with Gasteiger partial charge in [-0.25, -0.2) is 4.79 Å². The van der Waals surface area contributed by atoms with E-state index in [1.54, 1.807) is 6.20 Å². The van der Waals surface area contributed by atoms with Gasteiger partial charge in [0.15, 0.2) is 0 Å². The number of ether oxygens (including phenoxy) is 1. The predicted octanol–water partition coefficient (Wildman–Crippen LogP) is 3.76. The van der Waals surface area contributed by atoms with Gasteiger partial charge < -0.3 is 9.64 Å². The highest BCUT2D eigenvalue weighted by molar-refractivity contribution is 5.89. The van der Waals surface area contributed by atoms with Gasteiger partial charge in [0.1, 0.15) is 6.04 Å². The van der Waals surface area contributed by atoms with Crippen LogP contribution in [0.1, 0.15) is 63.4 Å². The number of carbonyl (C=O) groups is 2. The average Bonchev–Trinajstić information content (AvgIpc) is 3.20. The molecular weight excluding hydrogens is 364 g/mol. The normalized spacial score (nSPS) is 35.1. The fraction of sp³-hybridized carbons (Fsp3) is 0.708. The number of esters is 1. The summed E-state index contributed by atoms with van der Waals surface area (Å²) < 4.78 is 5.59. The van der Waals surface area contributed by atoms with Crippen LogP contribution >= 0.6 is 0 Å². The molecule has 0 aromatic carbocycles. The van der Waals surface area contributed by atoms with Crippen LogP contribution in [0.25, 0.3) is 0 Å². The Morgan fingerprint density at radius 1 is 1.14 bits per heavy atom. The van der Waals surface area contributed by atoms with Gasteiger partial charge >= 0.3 is 5.97 Å². The third kappa shape index (κ3) is 3.69. The second kappa shape index (κ2) is 7.73. The van der Waals surface area contributed by atoms with E-state index in [-0.39, 0.29) is 23.3 Å². The largest absolute Gasteiger partial charge is 0.464 e. The number of aryl methyl sites for hydroxylation is 1. The molecule has 1 aromatic rings. The van der Waals surface area contributed by atoms with Crippen LogP contribution in [-0.2, 0) is 20.7 Å². The molecular formula is C24H32N2O3. The van der Waals surface area contributed by atoms with Gasteiger partial charge in [0.2, 0.25) is 5.91 Å². The highest BCUT2D eigenvalue weighted by atomic mass is 16.5. The van der Waals surface area contributed by atoms with Gasteiger partial charge in [-0.05, 0) is 93.6 Å². The minimum atomic E-state index is -0.367. The van der Waals surface area contributed by atoms with Gasteiger partial charge in [-0.3, -0.25) is 9.78 Å². The number of carbonyl (C=O) groups excluding carboxylic acids is 2. The van der Waals surface area contributed by atoms with Crippen molar-refractivity contribution in [3.05, 3.63) is 30.1 Å². The first-order valence-corrected chi connectivity index (χ1v) is 11.5. The van der Waals surface area contributed by atoms with Crippen molar-refractivity contribution in [2.24, 2.45) is 23.2 Å². The summed E-state index contributed by atoms with van der Waals surface area (Å²) in [5.74, 6) is 2.29. The van der Waals surface area contributed by atoms with Crippen LogP contribution in [0.5, 0.6) is 0 Å². The Morgan fingerprint density at radius 3 is 2.52 bits per heavy atom. The van der Waals surface area contributed by atoms with Gasteiger partial charge in [-0.1, -0.05) is 6.07 Å². The van der Waals surface area contributed by atoms with Crippen molar-refractivity contribution in [1.29, 1.82) is 0 Å². The second-order valence-corrected chi connectivity index (χ2v) is 9.99. The number of pyridine rings is 1. The zero-order valence-corrected chi connectivity index (χ0v) is 17.2. The summed E-state index contributed by atoms with van der Waals surface area (Å²) >= 11 is 0. The molecule has 0 unspecified atom stereocenters. The number of hydrogen-bond acceptors (Lipinski definition) is 4. The van der Waals surface area contributed by atoms with Gasteiger partial charge in [0.05, 0.1) is 12.0 Å². The summed E-state index contributed by atoms with van der Waals surface area (Å²) in [7, 11) is 0. The van der Waals surface area contributed by atoms with Gasteiger partial charge in [-0.2, -0.15) is 0 Å². The van der Waals surface area contributed by atoms with E-state index in [2.05, 4.69) is 4.98 Å². The summed E-state index contributed by atoms with van der Waals surface area (Å²) in [6.45, 7) is 1.12. The smallest absolute Gasteiger partial charge is 0.328 e. The predicted molar refractivity (Wildman–Crippen MR) is 109 cm³/mol. The fourth-order valence-electron chi connectivity index (χ4n) is 7.02. The van der Waals surface area contributed by atoms with Crippen LogP contribution in [0.2, 0.25) is 0 Å². The molecule has 5 fully saturated rings. The maximum Gasteiger partial charge on any atom is 0.328 e. The molecule has 2 heterocycles. The number of nitrogens with zero attached hydrogens (tertiary/aromatic N) is 2. The van der Waals surface area contributed by atoms with Crippen molar-refractivity contribution in [3.8, 4) is 0 Å². The van der Waals surface area contributed by atoms with Crippen LogP contribution in [0.4, 0.5) is 0 Å². The van der Waals surface area contributed by atoms with Crippen LogP contribution in [-0.4, -0.2) is 41.0 Å². The van der Waals surface area contributed by atoms with Gasteiger partial charge in [0, 0.05) is 18.9 Å². The Kier molecular flexibility index (Phi) is 5.09. The molecule has 0 N–H and O–H groups in total. The SMILES string of the molecule is O=C(OCCCc1cccnc1)[C@@H]1CCCN1C(=O)C12CC3CC(CC(C3)C1)C2. The number of rotatable bonds is 6. The molecule has 4 saturated carbocycles. The van der Waals surface area contributed by atoms with Gasteiger partial charge in [0.25, 0.3) is 0 Å². The summed E-state index contributed by atoms with van der Waals surface area (Å²) in [6, 6.07) is 3.60. The van der Waals surface area contributed by atoms with Crippen LogP contribution in [0.3, 0.4) is 0 Å². The van der Waals surface area contributed by atoms with Crippen molar-refractivity contribution < 1.29 is 14.3 Å². The molecule has 29 heavy (non-hydrogen) atoms. The molecule has 1 saturated heterocycles. The average molecular weight is 397 g/mol. The van der Waals surface area contributed by atoms with Gasteiger partial charge in [-0.15, -0.1) is 0 Å². The first-order chi connectivity index (χ1) is 14.1. The Hall–Kier alpha value is -1.91. The zero-order valence-electron chi connectivity index (χ0n) is 17.2. The minimum absolute atomic E-state index is 0.169. The van der Waals surface area contributed by atoms with E-state index in [0.717, 1.165) is 74.8 Å². The third-order valence-corrected chi connectivity index (χ3v) is 7.85. The summed E-state index contributed by atoms with van der Waals surface area (Å²) in [4.78, 5) is 32.4. The van der Waals surface area contributed by atoms with Crippen molar-refractivity contribution >= 4 is 11.9 Å². The fourth-order valence-corrected chi connectivity index (χ4v) is 7.02. The van der Waals surface area contributed by atoms with Crippen molar-refractivity contribution in [3.63, 3.8) is 0 Å². The molecule has 0 radical (unpaired) electrons. The molecule has 5 nitrogen and oxygen atoms in total. The molecule has 1 aromatic heterocycles. The van der Waals surface area contributed by atoms with Crippen molar-refractivity contribution in [2.75, 3.05) is 13.2 Å². The highest BCUT2D eigenvalue weighted by Crippen LogP contribution is 2.60. The highest BCUT2D eigenvalue weighted by Gasteiger charge is 2.56. The second-order valence-electron chi connectivity index (χ2n) is 9.99. The lowest BCUT2D eigenvalue weighted by molar-refractivity contribution is -0.165. The Balaban J connectivity index is 1.18. The quantitative estimate of drug-likeness (QED) is 0.543. The first kappa shape index (κ1) is 19.1. The van der Waals surface area contributed by atoms with E-state index in [1.165, 1.54) is 19.3 Å². The van der Waals surface area contributed by atoms with E-state index in [0.29, 0.717) is 6.61 Å². The lowest BCUT2D eigenvalue weighted by Gasteiger charge is -2.56. The maximum atomic E-state index is 13.6. The maximum absolute atomic E-state index is 13.6. The monoisotopic (exact) mass is 396 g/mol. The number of aromatic nitrogens is 1. The number of likely N-dealkylation sites (tertiary alicyclic amines) is 1. The van der Waals surface area contributed by atoms with E-state index in [9.17, 15) is 9.59 Å². The van der Waals surface area contributed by atoms with Crippen LogP contribution in [0, 0.1) is 23.2 Å². The lowest BCUT2D eigenvalue weighted by atomic mass is 9.49. The molecule has 156 valence electrons. The van der Waals surface area contributed by atoms with Crippen LogP contribution in [0.15, 0.2) is 24.5 Å². The van der Waals surface area contributed by atoms with Crippen molar-refractivity contribution in [2.45, 2.75) is 70.3 Å². The standard InChI is InChI=1S/C24H32N2O3/c27-22(29-9-3-5-17-4-1-7-25-16-17)21-6-2-8-26(21)23(28)24-13-18-10-19(14-24)12-20(11-18)15-24/h1,4,7,16,18-21H,2-3,5-6,8-15H2/t18?,19?,20?,21-,24?/m0/s1. The summed E-state index contributed by atoms with van der Waals surface area (Å²) in [5, 5.41) is 0. The molecule has 1 amide bonds. The van der Waals surface area contributed by atoms with E-state index in [4.69, 9.17) is 4.74 Å². The Bertz CT molecular complexity index is 727. The molecule has 6 rings (SSSR count). The van der Waals surface area contributed by atoms with E-state index < -0.39 is 0 Å². The van der Waals surface area contributed by atoms with Crippen LogP contribution < -0.4 is 0 Å². The molecule has 1 atom stereocenters. The molecule has 1 aliphatic heterocycles. The topological polar surface area (TPSA) is 59.5 Å². The molecule has 5 heteroatoms. The molecule has 4 bridgehead atoms. The first-order valence-electron chi connectivity index (χ1n) is 11.5. The van der Waals surface area contributed by atoms with Crippen molar-refractivity contribution in [1.82, 2.24) is 9.88 Å². The Morgan fingerprint density at radius 2 is 1.86 bits per heavy atom. The molecule has 4 aliphatic carbocycles. The summed E-state index contributed by atoms with van der Waals surface area (Å²) in [6.07, 6.45) is 14.1. The lowest BCUT2D eigenvalue weighted by Crippen LogP contribution is -2.56.